The maximum absolute atomic E-state index is 14.1. The summed E-state index contributed by atoms with van der Waals surface area (Å²) in [6.45, 7) is 8.66. The van der Waals surface area contributed by atoms with Gasteiger partial charge < -0.3 is 14.5 Å². The van der Waals surface area contributed by atoms with Crippen LogP contribution in [0.25, 0.3) is 0 Å². The number of hydrogen-bond acceptors (Lipinski definition) is 4. The van der Waals surface area contributed by atoms with E-state index in [-0.39, 0.29) is 23.8 Å². The molecular formula is C33H40F7N3O3. The largest absolute Gasteiger partial charge is 0.444 e. The highest BCUT2D eigenvalue weighted by atomic mass is 19.4. The summed E-state index contributed by atoms with van der Waals surface area (Å²) in [5.41, 5.74) is -2.39. The summed E-state index contributed by atoms with van der Waals surface area (Å²) >= 11 is 0. The second-order valence-corrected chi connectivity index (χ2v) is 13.3. The van der Waals surface area contributed by atoms with E-state index >= 15 is 0 Å². The fraction of sp³-hybridized carbons (Fsp3) is 0.576. The molecule has 0 aliphatic carbocycles. The van der Waals surface area contributed by atoms with Crippen molar-refractivity contribution in [2.75, 3.05) is 33.2 Å². The first-order valence-electron chi connectivity index (χ1n) is 15.2. The van der Waals surface area contributed by atoms with Crippen molar-refractivity contribution in [3.63, 3.8) is 0 Å². The lowest BCUT2D eigenvalue weighted by atomic mass is 9.77. The minimum absolute atomic E-state index is 0.0619. The zero-order chi connectivity index (χ0) is 34.2. The van der Waals surface area contributed by atoms with Gasteiger partial charge in [0.1, 0.15) is 11.4 Å². The van der Waals surface area contributed by atoms with Crippen LogP contribution in [-0.2, 0) is 28.4 Å². The Morgan fingerprint density at radius 1 is 0.891 bits per heavy atom. The number of halogens is 7. The van der Waals surface area contributed by atoms with Crippen molar-refractivity contribution in [2.45, 2.75) is 83.4 Å². The number of ether oxygens (including phenoxy) is 1. The van der Waals surface area contributed by atoms with Gasteiger partial charge in [-0.25, -0.2) is 9.18 Å². The molecule has 2 aliphatic heterocycles. The predicted molar refractivity (Wildman–Crippen MR) is 157 cm³/mol. The van der Waals surface area contributed by atoms with Crippen LogP contribution in [0.4, 0.5) is 35.5 Å². The predicted octanol–water partition coefficient (Wildman–Crippen LogP) is 7.64. The Morgan fingerprint density at radius 3 is 2.00 bits per heavy atom. The Kier molecular flexibility index (Phi) is 10.3. The molecule has 0 bridgehead atoms. The van der Waals surface area contributed by atoms with Crippen molar-refractivity contribution in [1.82, 2.24) is 14.7 Å². The number of amides is 2. The lowest BCUT2D eigenvalue weighted by Gasteiger charge is -2.45. The lowest BCUT2D eigenvalue weighted by Crippen LogP contribution is -2.53. The molecule has 0 saturated carbocycles. The van der Waals surface area contributed by atoms with E-state index in [9.17, 15) is 40.3 Å². The van der Waals surface area contributed by atoms with Crippen LogP contribution in [-0.4, -0.2) is 71.6 Å². The van der Waals surface area contributed by atoms with Crippen molar-refractivity contribution < 1.29 is 45.1 Å². The minimum Gasteiger partial charge on any atom is -0.444 e. The normalized spacial score (nSPS) is 20.5. The number of hydrogen-bond donors (Lipinski definition) is 0. The fourth-order valence-electron chi connectivity index (χ4n) is 6.46. The summed E-state index contributed by atoms with van der Waals surface area (Å²) in [7, 11) is 1.36. The van der Waals surface area contributed by atoms with Crippen LogP contribution in [0.2, 0.25) is 0 Å². The van der Waals surface area contributed by atoms with Gasteiger partial charge in [-0.05, 0) is 101 Å². The van der Waals surface area contributed by atoms with Crippen LogP contribution in [0, 0.1) is 18.7 Å². The second-order valence-electron chi connectivity index (χ2n) is 13.3. The third-order valence-electron chi connectivity index (χ3n) is 8.67. The first-order valence-corrected chi connectivity index (χ1v) is 15.2. The number of aryl methyl sites for hydroxylation is 1. The molecule has 2 fully saturated rings. The molecule has 0 spiro atoms. The third-order valence-corrected chi connectivity index (χ3v) is 8.67. The minimum atomic E-state index is -5.00. The molecular weight excluding hydrogens is 619 g/mol. The first kappa shape index (κ1) is 35.5. The lowest BCUT2D eigenvalue weighted by molar-refractivity contribution is -0.143. The molecule has 2 aromatic rings. The van der Waals surface area contributed by atoms with Crippen molar-refractivity contribution in [2.24, 2.45) is 5.92 Å². The van der Waals surface area contributed by atoms with Gasteiger partial charge in [-0.15, -0.1) is 0 Å². The Labute approximate surface area is 264 Å². The van der Waals surface area contributed by atoms with Gasteiger partial charge in [0.05, 0.1) is 11.1 Å². The van der Waals surface area contributed by atoms with Crippen molar-refractivity contribution in [3.05, 3.63) is 70.0 Å². The van der Waals surface area contributed by atoms with Gasteiger partial charge in [-0.3, -0.25) is 9.69 Å². The summed E-state index contributed by atoms with van der Waals surface area (Å²) in [5.74, 6) is -1.90. The Morgan fingerprint density at radius 2 is 1.48 bits per heavy atom. The maximum Gasteiger partial charge on any atom is 0.416 e. The number of piperidine rings is 2. The topological polar surface area (TPSA) is 53.1 Å². The van der Waals surface area contributed by atoms with E-state index in [1.165, 1.54) is 24.1 Å². The molecule has 0 N–H and O–H groups in total. The maximum atomic E-state index is 14.1. The van der Waals surface area contributed by atoms with Crippen molar-refractivity contribution in [3.8, 4) is 0 Å². The molecule has 2 aromatic carbocycles. The number of alkyl halides is 6. The number of likely N-dealkylation sites (tertiary alicyclic amines) is 2. The molecule has 0 radical (unpaired) electrons. The average Bonchev–Trinajstić information content (AvgIpc) is 2.94. The molecule has 2 amide bonds. The zero-order valence-electron chi connectivity index (χ0n) is 26.6. The summed E-state index contributed by atoms with van der Waals surface area (Å²) in [4.78, 5) is 31.5. The van der Waals surface area contributed by atoms with Crippen LogP contribution in [0.1, 0.15) is 73.8 Å². The van der Waals surface area contributed by atoms with E-state index in [0.717, 1.165) is 5.56 Å². The first-order chi connectivity index (χ1) is 21.2. The number of nitrogens with zero attached hydrogens (tertiary/aromatic N) is 3. The SMILES string of the molecule is Cc1cc(F)ccc1[C@@H]1CN(C2CCN(C(=O)OC(C)(C)C)CC2)CC[C@H]1C(=O)N(C)Cc1cc(C(F)(F)F)cc(C(F)(F)F)c1. The number of benzene rings is 2. The molecule has 2 saturated heterocycles. The van der Waals surface area contributed by atoms with Crippen LogP contribution in [0.15, 0.2) is 36.4 Å². The smallest absolute Gasteiger partial charge is 0.416 e. The summed E-state index contributed by atoms with van der Waals surface area (Å²) in [5, 5.41) is 0. The molecule has 2 heterocycles. The number of carbonyl (C=O) groups excluding carboxylic acids is 2. The standard InChI is InChI=1S/C33H40F7N3O3/c1-20-14-24(34)6-7-26(20)28-19-43(25-8-11-42(12-9-25)30(45)46-31(2,3)4)13-10-27(28)29(44)41(5)18-21-15-22(32(35,36)37)17-23(16-21)33(38,39)40/h6-7,14-17,25,27-28H,8-13,18-19H2,1-5H3/t27-,28+/m1/s1. The van der Waals surface area contributed by atoms with Gasteiger partial charge in [0.15, 0.2) is 0 Å². The molecule has 4 rings (SSSR count). The molecule has 2 aliphatic rings. The zero-order valence-corrected chi connectivity index (χ0v) is 26.6. The molecule has 2 atom stereocenters. The summed E-state index contributed by atoms with van der Waals surface area (Å²) in [6.07, 6.45) is -8.62. The van der Waals surface area contributed by atoms with E-state index in [0.29, 0.717) is 63.1 Å². The summed E-state index contributed by atoms with van der Waals surface area (Å²) in [6, 6.07) is 5.76. The average molecular weight is 660 g/mol. The van der Waals surface area contributed by atoms with Gasteiger partial charge in [0, 0.05) is 51.1 Å². The Hall–Kier alpha value is -3.35. The van der Waals surface area contributed by atoms with E-state index in [2.05, 4.69) is 4.90 Å². The molecule has 6 nitrogen and oxygen atoms in total. The Balaban J connectivity index is 1.54. The van der Waals surface area contributed by atoms with Crippen LogP contribution in [0.3, 0.4) is 0 Å². The van der Waals surface area contributed by atoms with Gasteiger partial charge in [0.25, 0.3) is 0 Å². The van der Waals surface area contributed by atoms with E-state index in [4.69, 9.17) is 4.74 Å². The molecule has 46 heavy (non-hydrogen) atoms. The summed E-state index contributed by atoms with van der Waals surface area (Å²) < 4.78 is 100. The molecule has 0 aromatic heterocycles. The van der Waals surface area contributed by atoms with Gasteiger partial charge in [-0.1, -0.05) is 6.07 Å². The number of carbonyl (C=O) groups is 2. The van der Waals surface area contributed by atoms with Gasteiger partial charge >= 0.3 is 18.4 Å². The molecule has 13 heteroatoms. The monoisotopic (exact) mass is 659 g/mol. The quantitative estimate of drug-likeness (QED) is 0.310. The van der Waals surface area contributed by atoms with E-state index in [1.54, 1.807) is 38.7 Å². The van der Waals surface area contributed by atoms with E-state index in [1.807, 2.05) is 0 Å². The van der Waals surface area contributed by atoms with Crippen LogP contribution >= 0.6 is 0 Å². The van der Waals surface area contributed by atoms with E-state index < -0.39 is 59.2 Å². The van der Waals surface area contributed by atoms with Gasteiger partial charge in [0.2, 0.25) is 5.91 Å². The van der Waals surface area contributed by atoms with Crippen molar-refractivity contribution in [1.29, 1.82) is 0 Å². The van der Waals surface area contributed by atoms with Crippen LogP contribution < -0.4 is 0 Å². The Bertz CT molecular complexity index is 1380. The van der Waals surface area contributed by atoms with Gasteiger partial charge in [-0.2, -0.15) is 26.3 Å². The fourth-order valence-corrected chi connectivity index (χ4v) is 6.46. The highest BCUT2D eigenvalue weighted by Crippen LogP contribution is 2.39. The molecule has 0 unspecified atom stereocenters. The molecule has 254 valence electrons. The second kappa shape index (κ2) is 13.4. The van der Waals surface area contributed by atoms with Crippen molar-refractivity contribution >= 4 is 12.0 Å². The highest BCUT2D eigenvalue weighted by molar-refractivity contribution is 5.80. The third kappa shape index (κ3) is 8.71. The number of rotatable bonds is 5. The highest BCUT2D eigenvalue weighted by Gasteiger charge is 2.41. The van der Waals surface area contributed by atoms with Crippen LogP contribution in [0.5, 0.6) is 0 Å².